The highest BCUT2D eigenvalue weighted by Gasteiger charge is 2.23. The Labute approximate surface area is 148 Å². The molecule has 1 amide bonds. The molecule has 0 bridgehead atoms. The quantitative estimate of drug-likeness (QED) is 0.767. The zero-order chi connectivity index (χ0) is 17.4. The second-order valence-electron chi connectivity index (χ2n) is 5.97. The summed E-state index contributed by atoms with van der Waals surface area (Å²) in [5.41, 5.74) is 7.67. The standard InChI is InChI=1S/C18H17FN4OS/c19-13-3-1-2-4-15(13)22-7-9-23(10-8-22)17(24)12-5-6-16-14(11-12)21-18(20)25-16/h1-6,11H,7-10H2,(H2,20,21). The Morgan fingerprint density at radius 3 is 2.64 bits per heavy atom. The number of piperazine rings is 1. The van der Waals surface area contributed by atoms with E-state index >= 15 is 0 Å². The van der Waals surface area contributed by atoms with Crippen molar-refractivity contribution < 1.29 is 9.18 Å². The van der Waals surface area contributed by atoms with Gasteiger partial charge in [-0.2, -0.15) is 0 Å². The maximum Gasteiger partial charge on any atom is 0.254 e. The van der Waals surface area contributed by atoms with Gasteiger partial charge in [-0.1, -0.05) is 23.5 Å². The van der Waals surface area contributed by atoms with E-state index in [1.807, 2.05) is 23.1 Å². The van der Waals surface area contributed by atoms with Crippen molar-refractivity contribution in [2.45, 2.75) is 0 Å². The number of carbonyl (C=O) groups excluding carboxylic acids is 1. The van der Waals surface area contributed by atoms with E-state index in [1.165, 1.54) is 17.4 Å². The number of amides is 1. The third-order valence-electron chi connectivity index (χ3n) is 4.41. The van der Waals surface area contributed by atoms with Crippen molar-refractivity contribution in [2.75, 3.05) is 36.8 Å². The van der Waals surface area contributed by atoms with Gasteiger partial charge < -0.3 is 15.5 Å². The van der Waals surface area contributed by atoms with Crippen LogP contribution in [0.5, 0.6) is 0 Å². The summed E-state index contributed by atoms with van der Waals surface area (Å²) in [6.45, 7) is 2.34. The van der Waals surface area contributed by atoms with Crippen LogP contribution in [0.4, 0.5) is 15.2 Å². The molecule has 0 unspecified atom stereocenters. The topological polar surface area (TPSA) is 62.5 Å². The highest BCUT2D eigenvalue weighted by Crippen LogP contribution is 2.25. The minimum absolute atomic E-state index is 0.0262. The fraction of sp³-hybridized carbons (Fsp3) is 0.222. The molecule has 7 heteroatoms. The van der Waals surface area contributed by atoms with Crippen LogP contribution in [0.2, 0.25) is 0 Å². The number of aromatic nitrogens is 1. The zero-order valence-corrected chi connectivity index (χ0v) is 14.3. The van der Waals surface area contributed by atoms with E-state index in [0.717, 1.165) is 10.2 Å². The normalized spacial score (nSPS) is 14.9. The maximum atomic E-state index is 13.9. The van der Waals surface area contributed by atoms with Crippen LogP contribution >= 0.6 is 11.3 Å². The Kier molecular flexibility index (Phi) is 4.01. The smallest absolute Gasteiger partial charge is 0.254 e. The van der Waals surface area contributed by atoms with Gasteiger partial charge in [0.15, 0.2) is 5.13 Å². The Morgan fingerprint density at radius 1 is 1.12 bits per heavy atom. The SMILES string of the molecule is Nc1nc2cc(C(=O)N3CCN(c4ccccc4F)CC3)ccc2s1. The number of anilines is 2. The van der Waals surface area contributed by atoms with Crippen LogP contribution in [0.15, 0.2) is 42.5 Å². The van der Waals surface area contributed by atoms with E-state index in [0.29, 0.717) is 42.6 Å². The first-order valence-electron chi connectivity index (χ1n) is 8.06. The molecule has 1 fully saturated rings. The van der Waals surface area contributed by atoms with Crippen LogP contribution < -0.4 is 10.6 Å². The van der Waals surface area contributed by atoms with E-state index in [4.69, 9.17) is 5.73 Å². The fourth-order valence-electron chi connectivity index (χ4n) is 3.12. The van der Waals surface area contributed by atoms with E-state index < -0.39 is 0 Å². The average molecular weight is 356 g/mol. The molecule has 5 nitrogen and oxygen atoms in total. The van der Waals surface area contributed by atoms with Crippen molar-refractivity contribution in [2.24, 2.45) is 0 Å². The van der Waals surface area contributed by atoms with Gasteiger partial charge >= 0.3 is 0 Å². The summed E-state index contributed by atoms with van der Waals surface area (Å²) in [4.78, 5) is 20.8. The minimum atomic E-state index is -0.228. The van der Waals surface area contributed by atoms with Crippen LogP contribution in [0.1, 0.15) is 10.4 Å². The molecule has 1 aliphatic heterocycles. The van der Waals surface area contributed by atoms with Crippen molar-refractivity contribution in [1.29, 1.82) is 0 Å². The molecule has 4 rings (SSSR count). The molecular formula is C18H17FN4OS. The molecule has 128 valence electrons. The number of hydrogen-bond acceptors (Lipinski definition) is 5. The molecule has 1 aromatic heterocycles. The first-order chi connectivity index (χ1) is 12.1. The summed E-state index contributed by atoms with van der Waals surface area (Å²) in [5, 5.41) is 0.498. The predicted molar refractivity (Wildman–Crippen MR) is 98.5 cm³/mol. The molecule has 2 heterocycles. The van der Waals surface area contributed by atoms with Crippen molar-refractivity contribution in [3.05, 3.63) is 53.8 Å². The lowest BCUT2D eigenvalue weighted by Crippen LogP contribution is -2.49. The Bertz CT molecular complexity index is 934. The van der Waals surface area contributed by atoms with Crippen LogP contribution in [-0.2, 0) is 0 Å². The molecule has 3 aromatic rings. The Hall–Kier alpha value is -2.67. The molecule has 0 aliphatic carbocycles. The summed E-state index contributed by atoms with van der Waals surface area (Å²) < 4.78 is 14.9. The van der Waals surface area contributed by atoms with Crippen molar-refractivity contribution >= 4 is 38.3 Å². The number of hydrogen-bond donors (Lipinski definition) is 1. The fourth-order valence-corrected chi connectivity index (χ4v) is 3.83. The van der Waals surface area contributed by atoms with E-state index in [-0.39, 0.29) is 11.7 Å². The van der Waals surface area contributed by atoms with Gasteiger partial charge in [-0.15, -0.1) is 0 Å². The van der Waals surface area contributed by atoms with Crippen LogP contribution in [0.3, 0.4) is 0 Å². The van der Waals surface area contributed by atoms with Crippen molar-refractivity contribution in [3.8, 4) is 0 Å². The maximum absolute atomic E-state index is 13.9. The first kappa shape index (κ1) is 15.8. The molecule has 0 saturated carbocycles. The third-order valence-corrected chi connectivity index (χ3v) is 5.28. The van der Waals surface area contributed by atoms with Crippen molar-refractivity contribution in [3.63, 3.8) is 0 Å². The average Bonchev–Trinajstić information content (AvgIpc) is 3.01. The van der Waals surface area contributed by atoms with E-state index in [1.54, 1.807) is 23.1 Å². The number of nitrogens with zero attached hydrogens (tertiary/aromatic N) is 3. The monoisotopic (exact) mass is 356 g/mol. The van der Waals surface area contributed by atoms with Gasteiger partial charge in [0.2, 0.25) is 0 Å². The van der Waals surface area contributed by atoms with E-state index in [2.05, 4.69) is 4.98 Å². The largest absolute Gasteiger partial charge is 0.375 e. The number of para-hydroxylation sites is 1. The molecule has 2 N–H and O–H groups in total. The van der Waals surface area contributed by atoms with Gasteiger partial charge in [0, 0.05) is 31.7 Å². The number of thiazole rings is 1. The predicted octanol–water partition coefficient (Wildman–Crippen LogP) is 2.98. The number of halogens is 1. The van der Waals surface area contributed by atoms with Crippen LogP contribution in [0.25, 0.3) is 10.2 Å². The van der Waals surface area contributed by atoms with Crippen molar-refractivity contribution in [1.82, 2.24) is 9.88 Å². The number of rotatable bonds is 2. The Morgan fingerprint density at radius 2 is 1.88 bits per heavy atom. The van der Waals surface area contributed by atoms with Crippen LogP contribution in [-0.4, -0.2) is 42.0 Å². The second kappa shape index (κ2) is 6.33. The third kappa shape index (κ3) is 3.02. The molecule has 25 heavy (non-hydrogen) atoms. The minimum Gasteiger partial charge on any atom is -0.375 e. The Balaban J connectivity index is 1.48. The lowest BCUT2D eigenvalue weighted by atomic mass is 10.1. The van der Waals surface area contributed by atoms with Gasteiger partial charge in [-0.3, -0.25) is 4.79 Å². The van der Waals surface area contributed by atoms with Gasteiger partial charge in [-0.05, 0) is 30.3 Å². The molecule has 1 aliphatic rings. The molecular weight excluding hydrogens is 339 g/mol. The summed E-state index contributed by atoms with van der Waals surface area (Å²) in [7, 11) is 0. The van der Waals surface area contributed by atoms with Crippen LogP contribution in [0, 0.1) is 5.82 Å². The summed E-state index contributed by atoms with van der Waals surface area (Å²) in [6.07, 6.45) is 0. The lowest BCUT2D eigenvalue weighted by molar-refractivity contribution is 0.0747. The number of benzene rings is 2. The molecule has 0 radical (unpaired) electrons. The number of nitrogens with two attached hydrogens (primary N) is 1. The number of fused-ring (bicyclic) bond motifs is 1. The number of nitrogen functional groups attached to an aromatic ring is 1. The zero-order valence-electron chi connectivity index (χ0n) is 13.5. The first-order valence-corrected chi connectivity index (χ1v) is 8.88. The molecule has 0 atom stereocenters. The van der Waals surface area contributed by atoms with Gasteiger partial charge in [0.1, 0.15) is 5.82 Å². The molecule has 1 saturated heterocycles. The van der Waals surface area contributed by atoms with E-state index in [9.17, 15) is 9.18 Å². The summed E-state index contributed by atoms with van der Waals surface area (Å²) >= 11 is 1.41. The summed E-state index contributed by atoms with van der Waals surface area (Å²) in [6, 6.07) is 12.2. The van der Waals surface area contributed by atoms with Gasteiger partial charge in [0.05, 0.1) is 15.9 Å². The highest BCUT2D eigenvalue weighted by atomic mass is 32.1. The van der Waals surface area contributed by atoms with Gasteiger partial charge in [0.25, 0.3) is 5.91 Å². The molecule has 0 spiro atoms. The highest BCUT2D eigenvalue weighted by molar-refractivity contribution is 7.22. The molecule has 2 aromatic carbocycles. The van der Waals surface area contributed by atoms with Gasteiger partial charge in [-0.25, -0.2) is 9.37 Å². The number of carbonyl (C=O) groups is 1. The lowest BCUT2D eigenvalue weighted by Gasteiger charge is -2.36. The summed E-state index contributed by atoms with van der Waals surface area (Å²) in [5.74, 6) is -0.254. The second-order valence-corrected chi connectivity index (χ2v) is 7.03.